The number of carbonyl (C=O) groups excluding carboxylic acids is 1. The van der Waals surface area contributed by atoms with Crippen molar-refractivity contribution in [1.82, 2.24) is 4.90 Å². The lowest BCUT2D eigenvalue weighted by atomic mass is 10.0. The van der Waals surface area contributed by atoms with E-state index in [9.17, 15) is 14.7 Å². The van der Waals surface area contributed by atoms with Crippen molar-refractivity contribution in [2.24, 2.45) is 0 Å². The number of carbonyl (C=O) groups is 2. The number of nitrogens with one attached hydrogen (secondary N) is 1. The van der Waals surface area contributed by atoms with Crippen LogP contribution >= 0.6 is 0 Å². The van der Waals surface area contributed by atoms with E-state index < -0.39 is 5.97 Å². The molecule has 2 aromatic carbocycles. The first-order valence-corrected chi connectivity index (χ1v) is 12.1. The van der Waals surface area contributed by atoms with Gasteiger partial charge in [-0.1, -0.05) is 56.9 Å². The molecule has 0 spiro atoms. The van der Waals surface area contributed by atoms with Crippen LogP contribution < -0.4 is 10.1 Å². The number of rotatable bonds is 15. The van der Waals surface area contributed by atoms with Crippen LogP contribution in [0.3, 0.4) is 0 Å². The van der Waals surface area contributed by atoms with Crippen LogP contribution in [0.4, 0.5) is 10.5 Å². The van der Waals surface area contributed by atoms with Crippen LogP contribution in [0.25, 0.3) is 0 Å². The Balaban J connectivity index is 2.21. The maximum atomic E-state index is 13.3. The van der Waals surface area contributed by atoms with Crippen LogP contribution in [0.15, 0.2) is 42.5 Å². The molecule has 2 amide bonds. The van der Waals surface area contributed by atoms with Crippen molar-refractivity contribution in [1.29, 1.82) is 0 Å². The lowest BCUT2D eigenvalue weighted by Gasteiger charge is -2.24. The van der Waals surface area contributed by atoms with Crippen molar-refractivity contribution in [3.8, 4) is 5.75 Å². The largest absolute Gasteiger partial charge is 0.492 e. The van der Waals surface area contributed by atoms with Gasteiger partial charge in [-0.05, 0) is 49.1 Å². The van der Waals surface area contributed by atoms with Gasteiger partial charge in [0, 0.05) is 20.2 Å². The molecule has 0 saturated carbocycles. The zero-order valence-electron chi connectivity index (χ0n) is 20.6. The number of nitrogens with zero attached hydrogens (tertiary/aromatic N) is 1. The summed E-state index contributed by atoms with van der Waals surface area (Å²) in [6.45, 7) is 6.02. The summed E-state index contributed by atoms with van der Waals surface area (Å²) in [4.78, 5) is 26.7. The first-order valence-electron chi connectivity index (χ1n) is 12.1. The Bertz CT molecular complexity index is 916. The molecule has 0 aliphatic carbocycles. The van der Waals surface area contributed by atoms with Gasteiger partial charge in [0.2, 0.25) is 0 Å². The van der Waals surface area contributed by atoms with Gasteiger partial charge >= 0.3 is 12.0 Å². The molecule has 0 radical (unpaired) electrons. The third-order valence-electron chi connectivity index (χ3n) is 5.60. The molecule has 34 heavy (non-hydrogen) atoms. The third kappa shape index (κ3) is 8.71. The van der Waals surface area contributed by atoms with Gasteiger partial charge in [-0.3, -0.25) is 0 Å². The lowest BCUT2D eigenvalue weighted by Crippen LogP contribution is -2.35. The number of amides is 2. The van der Waals surface area contributed by atoms with Crippen molar-refractivity contribution >= 4 is 17.7 Å². The Morgan fingerprint density at radius 1 is 1.03 bits per heavy atom. The average molecular weight is 471 g/mol. The molecule has 7 nitrogen and oxygen atoms in total. The minimum Gasteiger partial charge on any atom is -0.492 e. The molecule has 0 unspecified atom stereocenters. The highest BCUT2D eigenvalue weighted by molar-refractivity contribution is 5.91. The van der Waals surface area contributed by atoms with Gasteiger partial charge in [-0.15, -0.1) is 0 Å². The van der Waals surface area contributed by atoms with E-state index >= 15 is 0 Å². The Kier molecular flexibility index (Phi) is 12.0. The number of unbranched alkanes of at least 4 members (excludes halogenated alkanes) is 4. The van der Waals surface area contributed by atoms with E-state index in [2.05, 4.69) is 12.2 Å². The molecule has 186 valence electrons. The lowest BCUT2D eigenvalue weighted by molar-refractivity contribution is 0.0695. The van der Waals surface area contributed by atoms with Crippen LogP contribution in [0.5, 0.6) is 5.75 Å². The quantitative estimate of drug-likeness (QED) is 0.313. The summed E-state index contributed by atoms with van der Waals surface area (Å²) < 4.78 is 10.8. The van der Waals surface area contributed by atoms with Crippen LogP contribution in [0, 0.1) is 0 Å². The van der Waals surface area contributed by atoms with E-state index in [1.54, 1.807) is 24.1 Å². The van der Waals surface area contributed by atoms with Crippen molar-refractivity contribution in [2.45, 2.75) is 58.9 Å². The number of carboxylic acids is 1. The molecule has 2 N–H and O–H groups in total. The molecular formula is C27H38N2O5. The van der Waals surface area contributed by atoms with Crippen molar-refractivity contribution in [3.05, 3.63) is 59.2 Å². The second-order valence-electron chi connectivity index (χ2n) is 8.23. The zero-order valence-corrected chi connectivity index (χ0v) is 20.6. The smallest absolute Gasteiger partial charge is 0.335 e. The number of carboxylic acid groups (broad SMARTS) is 1. The maximum absolute atomic E-state index is 13.3. The van der Waals surface area contributed by atoms with E-state index in [0.717, 1.165) is 24.8 Å². The number of hydrogen-bond donors (Lipinski definition) is 2. The fourth-order valence-electron chi connectivity index (χ4n) is 3.80. The first-order chi connectivity index (χ1) is 16.5. The van der Waals surface area contributed by atoms with Crippen LogP contribution in [0.1, 0.15) is 67.4 Å². The van der Waals surface area contributed by atoms with Gasteiger partial charge in [0.25, 0.3) is 0 Å². The number of hydrogen-bond acceptors (Lipinski definition) is 4. The average Bonchev–Trinajstić information content (AvgIpc) is 2.83. The second kappa shape index (κ2) is 15.0. The number of urea groups is 1. The highest BCUT2D eigenvalue weighted by Crippen LogP contribution is 2.24. The van der Waals surface area contributed by atoms with Gasteiger partial charge < -0.3 is 24.8 Å². The second-order valence-corrected chi connectivity index (χ2v) is 8.23. The first kappa shape index (κ1) is 27.2. The molecule has 0 saturated heterocycles. The fourth-order valence-corrected chi connectivity index (χ4v) is 3.80. The summed E-state index contributed by atoms with van der Waals surface area (Å²) in [7, 11) is 1.59. The summed E-state index contributed by atoms with van der Waals surface area (Å²) >= 11 is 0. The standard InChI is InChI=1S/C27H38N2O5/c1-4-6-7-8-11-17-29(27(32)28-24-12-9-10-13-25(24)34-5-2)20-21-14-15-23(26(30)31)22(19-21)16-18-33-3/h9-10,12-15,19H,4-8,11,16-18,20H2,1-3H3,(H,28,32)(H,30,31). The maximum Gasteiger partial charge on any atom is 0.335 e. The van der Waals surface area contributed by atoms with Crippen LogP contribution in [0.2, 0.25) is 0 Å². The van der Waals surface area contributed by atoms with E-state index in [-0.39, 0.29) is 11.6 Å². The topological polar surface area (TPSA) is 88.1 Å². The van der Waals surface area contributed by atoms with Crippen LogP contribution in [-0.4, -0.2) is 48.9 Å². The molecule has 0 aliphatic heterocycles. The van der Waals surface area contributed by atoms with Gasteiger partial charge in [-0.25, -0.2) is 9.59 Å². The molecule has 0 heterocycles. The van der Waals surface area contributed by atoms with Crippen molar-refractivity contribution in [2.75, 3.05) is 32.2 Å². The highest BCUT2D eigenvalue weighted by Gasteiger charge is 2.18. The molecule has 0 aliphatic rings. The SMILES string of the molecule is CCCCCCCN(Cc1ccc(C(=O)O)c(CCOC)c1)C(=O)Nc1ccccc1OCC. The predicted octanol–water partition coefficient (Wildman–Crippen LogP) is 5.98. The zero-order chi connectivity index (χ0) is 24.8. The Hall–Kier alpha value is -3.06. The number of benzene rings is 2. The molecule has 2 rings (SSSR count). The summed E-state index contributed by atoms with van der Waals surface area (Å²) in [5.74, 6) is -0.329. The monoisotopic (exact) mass is 470 g/mol. The van der Waals surface area contributed by atoms with E-state index in [0.29, 0.717) is 49.7 Å². The molecule has 0 fully saturated rings. The van der Waals surface area contributed by atoms with E-state index in [1.807, 2.05) is 37.3 Å². The van der Waals surface area contributed by atoms with E-state index in [4.69, 9.17) is 9.47 Å². The Labute approximate surface area is 203 Å². The summed E-state index contributed by atoms with van der Waals surface area (Å²) in [6.07, 6.45) is 5.96. The molecule has 0 bridgehead atoms. The molecular weight excluding hydrogens is 432 g/mol. The summed E-state index contributed by atoms with van der Waals surface area (Å²) in [5.41, 5.74) is 2.49. The normalized spacial score (nSPS) is 10.7. The molecule has 0 atom stereocenters. The van der Waals surface area contributed by atoms with Crippen LogP contribution in [-0.2, 0) is 17.7 Å². The minimum atomic E-state index is -0.962. The summed E-state index contributed by atoms with van der Waals surface area (Å²) in [6, 6.07) is 12.5. The predicted molar refractivity (Wildman–Crippen MR) is 135 cm³/mol. The van der Waals surface area contributed by atoms with Gasteiger partial charge in [0.15, 0.2) is 0 Å². The van der Waals surface area contributed by atoms with Gasteiger partial charge in [0.1, 0.15) is 5.75 Å². The highest BCUT2D eigenvalue weighted by atomic mass is 16.5. The Morgan fingerprint density at radius 2 is 1.79 bits per heavy atom. The van der Waals surface area contributed by atoms with Gasteiger partial charge in [0.05, 0.1) is 24.5 Å². The number of aromatic carboxylic acids is 1. The number of methoxy groups -OCH3 is 1. The van der Waals surface area contributed by atoms with E-state index in [1.165, 1.54) is 12.8 Å². The number of ether oxygens (including phenoxy) is 2. The molecule has 7 heteroatoms. The van der Waals surface area contributed by atoms with Crippen molar-refractivity contribution in [3.63, 3.8) is 0 Å². The number of para-hydroxylation sites is 2. The van der Waals surface area contributed by atoms with Gasteiger partial charge in [-0.2, -0.15) is 0 Å². The molecule has 2 aromatic rings. The summed E-state index contributed by atoms with van der Waals surface area (Å²) in [5, 5.41) is 12.5. The molecule has 0 aromatic heterocycles. The van der Waals surface area contributed by atoms with Crippen molar-refractivity contribution < 1.29 is 24.2 Å². The fraction of sp³-hybridized carbons (Fsp3) is 0.481. The minimum absolute atomic E-state index is 0.205. The number of anilines is 1. The Morgan fingerprint density at radius 3 is 2.50 bits per heavy atom. The third-order valence-corrected chi connectivity index (χ3v) is 5.60.